The molecule has 27 heavy (non-hydrogen) atoms. The van der Waals surface area contributed by atoms with Gasteiger partial charge in [-0.2, -0.15) is 5.10 Å². The first-order chi connectivity index (χ1) is 13.1. The SMILES string of the molecule is CCCOc1ccc(/C=N/NC(=O)c2c(C)nc3ccccn23)cc1OC. The van der Waals surface area contributed by atoms with Crippen molar-refractivity contribution in [3.05, 3.63) is 59.5 Å². The van der Waals surface area contributed by atoms with Crippen LogP contribution in [0, 0.1) is 6.92 Å². The second-order valence-corrected chi connectivity index (χ2v) is 5.93. The molecule has 0 saturated heterocycles. The Labute approximate surface area is 157 Å². The fourth-order valence-electron chi connectivity index (χ4n) is 2.70. The predicted molar refractivity (Wildman–Crippen MR) is 104 cm³/mol. The fourth-order valence-corrected chi connectivity index (χ4v) is 2.70. The Bertz CT molecular complexity index is 979. The highest BCUT2D eigenvalue weighted by Gasteiger charge is 2.15. The Morgan fingerprint density at radius 3 is 2.93 bits per heavy atom. The first-order valence-electron chi connectivity index (χ1n) is 8.72. The molecule has 0 fully saturated rings. The third-order valence-corrected chi connectivity index (χ3v) is 3.95. The molecule has 7 heteroatoms. The van der Waals surface area contributed by atoms with E-state index in [1.807, 2.05) is 37.3 Å². The minimum Gasteiger partial charge on any atom is -0.493 e. The topological polar surface area (TPSA) is 77.2 Å². The van der Waals surface area contributed by atoms with Crippen LogP contribution >= 0.6 is 0 Å². The summed E-state index contributed by atoms with van der Waals surface area (Å²) in [4.78, 5) is 16.9. The monoisotopic (exact) mass is 366 g/mol. The van der Waals surface area contributed by atoms with Crippen LogP contribution < -0.4 is 14.9 Å². The van der Waals surface area contributed by atoms with Gasteiger partial charge in [0.15, 0.2) is 11.5 Å². The molecule has 0 aliphatic rings. The zero-order valence-corrected chi connectivity index (χ0v) is 15.6. The number of hydrogen-bond donors (Lipinski definition) is 1. The van der Waals surface area contributed by atoms with Gasteiger partial charge in [0.1, 0.15) is 11.3 Å². The van der Waals surface area contributed by atoms with Crippen LogP contribution in [0.5, 0.6) is 11.5 Å². The number of amides is 1. The molecule has 0 radical (unpaired) electrons. The van der Waals surface area contributed by atoms with Crippen LogP contribution in [0.3, 0.4) is 0 Å². The summed E-state index contributed by atoms with van der Waals surface area (Å²) in [7, 11) is 1.59. The molecule has 0 atom stereocenters. The number of hydrogen-bond acceptors (Lipinski definition) is 5. The minimum atomic E-state index is -0.322. The number of pyridine rings is 1. The van der Waals surface area contributed by atoms with Gasteiger partial charge in [-0.15, -0.1) is 0 Å². The molecule has 0 unspecified atom stereocenters. The largest absolute Gasteiger partial charge is 0.493 e. The predicted octanol–water partition coefficient (Wildman–Crippen LogP) is 3.20. The summed E-state index contributed by atoms with van der Waals surface area (Å²) >= 11 is 0. The highest BCUT2D eigenvalue weighted by Crippen LogP contribution is 2.27. The van der Waals surface area contributed by atoms with E-state index in [0.29, 0.717) is 29.5 Å². The lowest BCUT2D eigenvalue weighted by Gasteiger charge is -2.10. The molecule has 2 heterocycles. The van der Waals surface area contributed by atoms with Gasteiger partial charge in [0.25, 0.3) is 5.91 Å². The van der Waals surface area contributed by atoms with Crippen molar-refractivity contribution in [2.75, 3.05) is 13.7 Å². The van der Waals surface area contributed by atoms with Gasteiger partial charge in [-0.05, 0) is 49.2 Å². The molecule has 3 rings (SSSR count). The maximum atomic E-state index is 12.5. The van der Waals surface area contributed by atoms with Crippen molar-refractivity contribution in [3.8, 4) is 11.5 Å². The number of aryl methyl sites for hydroxylation is 1. The van der Waals surface area contributed by atoms with Crippen LogP contribution in [0.25, 0.3) is 5.65 Å². The van der Waals surface area contributed by atoms with E-state index >= 15 is 0 Å². The van der Waals surface area contributed by atoms with Crippen LogP contribution in [0.15, 0.2) is 47.7 Å². The molecule has 0 aliphatic carbocycles. The van der Waals surface area contributed by atoms with Gasteiger partial charge in [-0.25, -0.2) is 10.4 Å². The average molecular weight is 366 g/mol. The zero-order chi connectivity index (χ0) is 19.2. The van der Waals surface area contributed by atoms with E-state index in [2.05, 4.69) is 15.5 Å². The number of nitrogens with one attached hydrogen (secondary N) is 1. The molecule has 0 bridgehead atoms. The van der Waals surface area contributed by atoms with Gasteiger partial charge in [-0.3, -0.25) is 9.20 Å². The molecule has 7 nitrogen and oxygen atoms in total. The van der Waals surface area contributed by atoms with Crippen LogP contribution in [0.1, 0.15) is 35.1 Å². The standard InChI is InChI=1S/C20H22N4O3/c1-4-11-27-16-9-8-15(12-17(16)26-3)13-21-23-20(25)19-14(2)22-18-7-5-6-10-24(18)19/h5-10,12-13H,4,11H2,1-3H3,(H,23,25)/b21-13+. The van der Waals surface area contributed by atoms with Gasteiger partial charge in [0.2, 0.25) is 0 Å². The molecule has 1 aromatic carbocycles. The number of benzene rings is 1. The Morgan fingerprint density at radius 2 is 2.15 bits per heavy atom. The lowest BCUT2D eigenvalue weighted by molar-refractivity contribution is 0.0948. The lowest BCUT2D eigenvalue weighted by Crippen LogP contribution is -2.20. The first-order valence-corrected chi connectivity index (χ1v) is 8.72. The molecule has 1 N–H and O–H groups in total. The highest BCUT2D eigenvalue weighted by atomic mass is 16.5. The highest BCUT2D eigenvalue weighted by molar-refractivity contribution is 5.95. The quantitative estimate of drug-likeness (QED) is 0.514. The Kier molecular flexibility index (Phi) is 5.71. The maximum absolute atomic E-state index is 12.5. The second kappa shape index (κ2) is 8.35. The fraction of sp³-hybridized carbons (Fsp3) is 0.250. The van der Waals surface area contributed by atoms with E-state index in [-0.39, 0.29) is 5.91 Å². The number of imidazole rings is 1. The van der Waals surface area contributed by atoms with Crippen LogP contribution in [-0.4, -0.2) is 35.2 Å². The van der Waals surface area contributed by atoms with E-state index in [4.69, 9.17) is 9.47 Å². The molecular weight excluding hydrogens is 344 g/mol. The smallest absolute Gasteiger partial charge is 0.290 e. The van der Waals surface area contributed by atoms with Gasteiger partial charge >= 0.3 is 0 Å². The summed E-state index contributed by atoms with van der Waals surface area (Å²) < 4.78 is 12.7. The number of methoxy groups -OCH3 is 1. The Hall–Kier alpha value is -3.35. The molecule has 3 aromatic rings. The summed E-state index contributed by atoms with van der Waals surface area (Å²) in [6, 6.07) is 11.1. The number of ether oxygens (including phenoxy) is 2. The van der Waals surface area contributed by atoms with E-state index in [1.54, 1.807) is 36.9 Å². The maximum Gasteiger partial charge on any atom is 0.290 e. The van der Waals surface area contributed by atoms with Crippen LogP contribution in [0.2, 0.25) is 0 Å². The number of rotatable bonds is 7. The summed E-state index contributed by atoms with van der Waals surface area (Å²) in [5.41, 5.74) is 5.16. The van der Waals surface area contributed by atoms with Crippen LogP contribution in [0.4, 0.5) is 0 Å². The molecule has 1 amide bonds. The molecule has 0 spiro atoms. The normalized spacial score (nSPS) is 11.1. The van der Waals surface area contributed by atoms with Crippen molar-refractivity contribution in [1.82, 2.24) is 14.8 Å². The van der Waals surface area contributed by atoms with Crippen molar-refractivity contribution in [2.45, 2.75) is 20.3 Å². The van der Waals surface area contributed by atoms with Gasteiger partial charge in [-0.1, -0.05) is 13.0 Å². The summed E-state index contributed by atoms with van der Waals surface area (Å²) in [5.74, 6) is 0.982. The van der Waals surface area contributed by atoms with Gasteiger partial charge in [0, 0.05) is 6.20 Å². The molecule has 140 valence electrons. The van der Waals surface area contributed by atoms with Gasteiger partial charge < -0.3 is 9.47 Å². The van der Waals surface area contributed by atoms with Crippen molar-refractivity contribution in [1.29, 1.82) is 0 Å². The summed E-state index contributed by atoms with van der Waals surface area (Å²) in [6.45, 7) is 4.46. The first kappa shape index (κ1) is 18.4. The summed E-state index contributed by atoms with van der Waals surface area (Å²) in [5, 5.41) is 4.05. The van der Waals surface area contributed by atoms with E-state index in [1.165, 1.54) is 0 Å². The molecule has 2 aromatic heterocycles. The van der Waals surface area contributed by atoms with Crippen molar-refractivity contribution in [2.24, 2.45) is 5.10 Å². The number of carbonyl (C=O) groups is 1. The van der Waals surface area contributed by atoms with E-state index in [9.17, 15) is 4.79 Å². The van der Waals surface area contributed by atoms with Crippen molar-refractivity contribution < 1.29 is 14.3 Å². The number of carbonyl (C=O) groups excluding carboxylic acids is 1. The number of fused-ring (bicyclic) bond motifs is 1. The minimum absolute atomic E-state index is 0.322. The number of hydrazone groups is 1. The Balaban J connectivity index is 1.73. The third kappa shape index (κ3) is 4.08. The summed E-state index contributed by atoms with van der Waals surface area (Å²) in [6.07, 6.45) is 4.28. The third-order valence-electron chi connectivity index (χ3n) is 3.95. The van der Waals surface area contributed by atoms with Crippen LogP contribution in [-0.2, 0) is 0 Å². The van der Waals surface area contributed by atoms with Gasteiger partial charge in [0.05, 0.1) is 25.6 Å². The average Bonchev–Trinajstić information content (AvgIpc) is 3.02. The van der Waals surface area contributed by atoms with Crippen molar-refractivity contribution >= 4 is 17.8 Å². The Morgan fingerprint density at radius 1 is 1.30 bits per heavy atom. The van der Waals surface area contributed by atoms with E-state index in [0.717, 1.165) is 17.6 Å². The molecular formula is C20H22N4O3. The lowest BCUT2D eigenvalue weighted by atomic mass is 10.2. The molecule has 0 aliphatic heterocycles. The molecule has 0 saturated carbocycles. The number of nitrogens with zero attached hydrogens (tertiary/aromatic N) is 3. The zero-order valence-electron chi connectivity index (χ0n) is 15.6. The second-order valence-electron chi connectivity index (χ2n) is 5.93. The van der Waals surface area contributed by atoms with E-state index < -0.39 is 0 Å². The number of aromatic nitrogens is 2. The van der Waals surface area contributed by atoms with Crippen molar-refractivity contribution in [3.63, 3.8) is 0 Å².